The van der Waals surface area contributed by atoms with Crippen molar-refractivity contribution in [1.29, 1.82) is 0 Å². The van der Waals surface area contributed by atoms with Crippen LogP contribution >= 0.6 is 11.6 Å². The highest BCUT2D eigenvalue weighted by atomic mass is 35.5. The summed E-state index contributed by atoms with van der Waals surface area (Å²) in [5.74, 6) is -3.06. The van der Waals surface area contributed by atoms with Crippen molar-refractivity contribution in [3.63, 3.8) is 0 Å². The average Bonchev–Trinajstić information content (AvgIpc) is 3.09. The monoisotopic (exact) mass is 464 g/mol. The molecule has 2 heterocycles. The van der Waals surface area contributed by atoms with Crippen LogP contribution < -0.4 is 11.1 Å². The number of amidine groups is 1. The third kappa shape index (κ3) is 4.35. The summed E-state index contributed by atoms with van der Waals surface area (Å²) >= 11 is 6.17. The lowest BCUT2D eigenvalue weighted by atomic mass is 9.86. The van der Waals surface area contributed by atoms with Crippen LogP contribution in [-0.2, 0) is 11.3 Å². The molecule has 2 atom stereocenters. The van der Waals surface area contributed by atoms with Gasteiger partial charge in [0.05, 0.1) is 0 Å². The van der Waals surface area contributed by atoms with Crippen molar-refractivity contribution in [3.8, 4) is 0 Å². The molecule has 168 valence electrons. The highest BCUT2D eigenvalue weighted by molar-refractivity contribution is 6.30. The molecule has 10 heteroatoms. The Bertz CT molecular complexity index is 1100. The number of aliphatic imine (C=N–C) groups is 1. The van der Waals surface area contributed by atoms with Crippen molar-refractivity contribution in [1.82, 2.24) is 10.2 Å². The highest BCUT2D eigenvalue weighted by Gasteiger charge is 2.40. The molecule has 6 nitrogen and oxygen atoms in total. The number of nitrogens with zero attached hydrogens (tertiary/aromatic N) is 2. The Labute approximate surface area is 187 Å². The minimum Gasteiger partial charge on any atom is -0.383 e. The molecule has 0 aliphatic carbocycles. The van der Waals surface area contributed by atoms with E-state index >= 15 is 0 Å². The Kier molecular flexibility index (Phi) is 5.96. The Morgan fingerprint density at radius 3 is 2.72 bits per heavy atom. The zero-order valence-electron chi connectivity index (χ0n) is 16.8. The molecule has 0 saturated carbocycles. The van der Waals surface area contributed by atoms with Crippen LogP contribution in [-0.4, -0.2) is 47.9 Å². The third-order valence-corrected chi connectivity index (χ3v) is 6.06. The molecule has 0 radical (unpaired) electrons. The second-order valence-corrected chi connectivity index (χ2v) is 8.26. The molecule has 0 spiro atoms. The molecule has 2 aromatic carbocycles. The molecule has 4 rings (SSSR count). The van der Waals surface area contributed by atoms with Gasteiger partial charge in [-0.1, -0.05) is 35.9 Å². The second kappa shape index (κ2) is 8.55. The molecule has 3 N–H and O–H groups in total. The van der Waals surface area contributed by atoms with Gasteiger partial charge in [-0.05, 0) is 42.3 Å². The molecule has 32 heavy (non-hydrogen) atoms. The van der Waals surface area contributed by atoms with Crippen molar-refractivity contribution in [2.24, 2.45) is 10.7 Å². The number of nitrogens with two attached hydrogens (primary N) is 1. The largest absolute Gasteiger partial charge is 0.473 e. The summed E-state index contributed by atoms with van der Waals surface area (Å²) < 4.78 is 37.4. The highest BCUT2D eigenvalue weighted by Crippen LogP contribution is 2.35. The molecule has 0 bridgehead atoms. The Morgan fingerprint density at radius 2 is 2.00 bits per heavy atom. The number of rotatable bonds is 3. The second-order valence-electron chi connectivity index (χ2n) is 7.83. The van der Waals surface area contributed by atoms with E-state index in [9.17, 15) is 22.8 Å². The summed E-state index contributed by atoms with van der Waals surface area (Å²) in [6.07, 6.45) is -4.37. The van der Waals surface area contributed by atoms with Gasteiger partial charge in [-0.2, -0.15) is 18.2 Å². The van der Waals surface area contributed by atoms with Crippen LogP contribution in [0.15, 0.2) is 47.5 Å². The van der Waals surface area contributed by atoms with E-state index in [1.54, 1.807) is 17.0 Å². The van der Waals surface area contributed by atoms with Crippen molar-refractivity contribution >= 4 is 29.3 Å². The predicted molar refractivity (Wildman–Crippen MR) is 114 cm³/mol. The normalized spacial score (nSPS) is 21.6. The van der Waals surface area contributed by atoms with Crippen LogP contribution in [0, 0.1) is 0 Å². The summed E-state index contributed by atoms with van der Waals surface area (Å²) in [4.78, 5) is 29.1. The topological polar surface area (TPSA) is 87.8 Å². The van der Waals surface area contributed by atoms with Gasteiger partial charge in [0.1, 0.15) is 5.84 Å². The van der Waals surface area contributed by atoms with Crippen LogP contribution in [0.3, 0.4) is 0 Å². The van der Waals surface area contributed by atoms with Crippen LogP contribution in [0.25, 0.3) is 0 Å². The van der Waals surface area contributed by atoms with Crippen LogP contribution in [0.1, 0.15) is 39.4 Å². The standard InChI is InChI=1S/C22H20ClF3N4O2/c23-15-3-1-2-12(8-15)17-10-28-7-6-18(17)30-11-14-5-4-13(9-16(14)20(30)31)19(27)29-21(32)22(24,25)26/h1-5,8-9,17-18,28H,6-7,10-11H2,(H2,27,29,32)/t17-,18?/m0/s1. The van der Waals surface area contributed by atoms with Crippen LogP contribution in [0.4, 0.5) is 13.2 Å². The van der Waals surface area contributed by atoms with E-state index in [0.29, 0.717) is 23.7 Å². The summed E-state index contributed by atoms with van der Waals surface area (Å²) in [6, 6.07) is 12.0. The van der Waals surface area contributed by atoms with Crippen molar-refractivity contribution in [3.05, 3.63) is 69.7 Å². The van der Waals surface area contributed by atoms with Crippen molar-refractivity contribution < 1.29 is 22.8 Å². The van der Waals surface area contributed by atoms with E-state index in [2.05, 4.69) is 10.3 Å². The minimum atomic E-state index is -5.11. The molecule has 2 aromatic rings. The van der Waals surface area contributed by atoms with Gasteiger partial charge < -0.3 is 16.0 Å². The van der Waals surface area contributed by atoms with E-state index in [0.717, 1.165) is 24.1 Å². The molecule has 0 aromatic heterocycles. The van der Waals surface area contributed by atoms with E-state index in [1.807, 2.05) is 18.2 Å². The summed E-state index contributed by atoms with van der Waals surface area (Å²) in [7, 11) is 0. The number of amides is 2. The number of alkyl halides is 3. The number of fused-ring (bicyclic) bond motifs is 1. The Morgan fingerprint density at radius 1 is 1.22 bits per heavy atom. The maximum atomic E-state index is 13.2. The number of piperidine rings is 1. The minimum absolute atomic E-state index is 0.0382. The van der Waals surface area contributed by atoms with Crippen molar-refractivity contribution in [2.45, 2.75) is 31.1 Å². The van der Waals surface area contributed by atoms with Gasteiger partial charge in [0, 0.05) is 41.2 Å². The maximum Gasteiger partial charge on any atom is 0.473 e. The Balaban J connectivity index is 1.60. The number of carbonyl (C=O) groups is 2. The molecule has 1 fully saturated rings. The summed E-state index contributed by atoms with van der Waals surface area (Å²) in [5, 5.41) is 3.98. The van der Waals surface area contributed by atoms with Crippen LogP contribution in [0.5, 0.6) is 0 Å². The molecular formula is C22H20ClF3N4O2. The van der Waals surface area contributed by atoms with E-state index < -0.39 is 17.9 Å². The van der Waals surface area contributed by atoms with Gasteiger partial charge in [0.15, 0.2) is 0 Å². The fourth-order valence-corrected chi connectivity index (χ4v) is 4.48. The lowest BCUT2D eigenvalue weighted by Crippen LogP contribution is -2.48. The summed E-state index contributed by atoms with van der Waals surface area (Å²) in [6.45, 7) is 1.83. The predicted octanol–water partition coefficient (Wildman–Crippen LogP) is 3.24. The first kappa shape index (κ1) is 22.3. The zero-order valence-corrected chi connectivity index (χ0v) is 17.6. The SMILES string of the molecule is NC(=NC(=O)C(F)(F)F)c1ccc2c(c1)C(=O)N(C1CCNC[C@H]1c1cccc(Cl)c1)C2. The first-order valence-electron chi connectivity index (χ1n) is 10.0. The average molecular weight is 465 g/mol. The molecule has 2 aliphatic heterocycles. The smallest absolute Gasteiger partial charge is 0.383 e. The number of nitrogens with one attached hydrogen (secondary N) is 1. The van der Waals surface area contributed by atoms with Crippen LogP contribution in [0.2, 0.25) is 5.02 Å². The van der Waals surface area contributed by atoms with E-state index in [4.69, 9.17) is 17.3 Å². The molecule has 1 unspecified atom stereocenters. The first-order valence-corrected chi connectivity index (χ1v) is 10.4. The third-order valence-electron chi connectivity index (χ3n) is 5.82. The zero-order chi connectivity index (χ0) is 23.0. The molecule has 2 amide bonds. The van der Waals surface area contributed by atoms with Gasteiger partial charge >= 0.3 is 12.1 Å². The quantitative estimate of drug-likeness (QED) is 0.539. The van der Waals surface area contributed by atoms with Gasteiger partial charge in [0.25, 0.3) is 5.91 Å². The number of halogens is 4. The fraction of sp³-hybridized carbons (Fsp3) is 0.318. The number of hydrogen-bond donors (Lipinski definition) is 2. The Hall–Kier alpha value is -2.91. The van der Waals surface area contributed by atoms with Crippen molar-refractivity contribution in [2.75, 3.05) is 13.1 Å². The lowest BCUT2D eigenvalue weighted by Gasteiger charge is -2.38. The van der Waals surface area contributed by atoms with E-state index in [-0.39, 0.29) is 23.4 Å². The fourth-order valence-electron chi connectivity index (χ4n) is 4.28. The van der Waals surface area contributed by atoms with Gasteiger partial charge in [-0.15, -0.1) is 0 Å². The first-order chi connectivity index (χ1) is 15.1. The van der Waals surface area contributed by atoms with Gasteiger partial charge in [0.2, 0.25) is 0 Å². The maximum absolute atomic E-state index is 13.2. The lowest BCUT2D eigenvalue weighted by molar-refractivity contribution is -0.169. The van der Waals surface area contributed by atoms with E-state index in [1.165, 1.54) is 12.1 Å². The molecule has 1 saturated heterocycles. The number of benzene rings is 2. The van der Waals surface area contributed by atoms with Gasteiger partial charge in [-0.25, -0.2) is 0 Å². The molecular weight excluding hydrogens is 445 g/mol. The summed E-state index contributed by atoms with van der Waals surface area (Å²) in [5.41, 5.74) is 7.82. The number of carbonyl (C=O) groups excluding carboxylic acids is 2. The van der Waals surface area contributed by atoms with Gasteiger partial charge in [-0.3, -0.25) is 9.59 Å². The number of hydrogen-bond acceptors (Lipinski definition) is 3. The molecule has 2 aliphatic rings.